The zero-order valence-electron chi connectivity index (χ0n) is 11.3. The van der Waals surface area contributed by atoms with Crippen LogP contribution in [0.1, 0.15) is 43.0 Å². The van der Waals surface area contributed by atoms with Crippen LogP contribution >= 0.6 is 0 Å². The van der Waals surface area contributed by atoms with Crippen molar-refractivity contribution in [2.75, 3.05) is 18.4 Å². The van der Waals surface area contributed by atoms with Crippen LogP contribution in [0.2, 0.25) is 0 Å². The van der Waals surface area contributed by atoms with Gasteiger partial charge < -0.3 is 10.6 Å². The molecule has 0 heterocycles. The van der Waals surface area contributed by atoms with Crippen molar-refractivity contribution in [3.05, 3.63) is 29.6 Å². The second-order valence-corrected chi connectivity index (χ2v) is 5.03. The van der Waals surface area contributed by atoms with Gasteiger partial charge in [0.15, 0.2) is 0 Å². The molecule has 4 heteroatoms. The minimum Gasteiger partial charge on any atom is -0.382 e. The van der Waals surface area contributed by atoms with Crippen LogP contribution in [0.25, 0.3) is 0 Å². The van der Waals surface area contributed by atoms with Crippen LogP contribution in [-0.2, 0) is 0 Å². The fourth-order valence-electron chi connectivity index (χ4n) is 2.16. The third kappa shape index (κ3) is 3.94. The Kier molecular flexibility index (Phi) is 4.77. The number of hydrogen-bond donors (Lipinski definition) is 2. The molecule has 0 spiro atoms. The number of amides is 1. The molecule has 0 saturated heterocycles. The molecule has 1 fully saturated rings. The minimum atomic E-state index is -0.382. The maximum Gasteiger partial charge on any atom is 0.253 e. The lowest BCUT2D eigenvalue weighted by Gasteiger charge is -2.11. The molecule has 104 valence electrons. The Morgan fingerprint density at radius 3 is 2.89 bits per heavy atom. The summed E-state index contributed by atoms with van der Waals surface area (Å²) in [4.78, 5) is 12.0. The number of carbonyl (C=O) groups is 1. The molecule has 1 aromatic carbocycles. The summed E-state index contributed by atoms with van der Waals surface area (Å²) >= 11 is 0. The fourth-order valence-corrected chi connectivity index (χ4v) is 2.16. The molecular weight excluding hydrogens is 243 g/mol. The lowest BCUT2D eigenvalue weighted by Crippen LogP contribution is -2.25. The van der Waals surface area contributed by atoms with Crippen LogP contribution in [0.3, 0.4) is 0 Å². The van der Waals surface area contributed by atoms with Gasteiger partial charge in [-0.3, -0.25) is 4.79 Å². The smallest absolute Gasteiger partial charge is 0.253 e. The molecule has 0 unspecified atom stereocenters. The van der Waals surface area contributed by atoms with Crippen LogP contribution in [0.4, 0.5) is 10.1 Å². The Morgan fingerprint density at radius 1 is 1.42 bits per heavy atom. The fraction of sp³-hybridized carbons (Fsp3) is 0.533. The third-order valence-electron chi connectivity index (χ3n) is 3.38. The van der Waals surface area contributed by atoms with Crippen LogP contribution in [-0.4, -0.2) is 19.0 Å². The summed E-state index contributed by atoms with van der Waals surface area (Å²) in [6, 6.07) is 4.58. The zero-order valence-corrected chi connectivity index (χ0v) is 11.3. The Labute approximate surface area is 113 Å². The molecule has 0 atom stereocenters. The highest BCUT2D eigenvalue weighted by atomic mass is 19.1. The van der Waals surface area contributed by atoms with Crippen molar-refractivity contribution in [3.63, 3.8) is 0 Å². The monoisotopic (exact) mass is 264 g/mol. The summed E-state index contributed by atoms with van der Waals surface area (Å²) < 4.78 is 13.7. The van der Waals surface area contributed by atoms with E-state index in [9.17, 15) is 9.18 Å². The predicted molar refractivity (Wildman–Crippen MR) is 74.9 cm³/mol. The Hall–Kier alpha value is -1.58. The molecule has 19 heavy (non-hydrogen) atoms. The van der Waals surface area contributed by atoms with Crippen molar-refractivity contribution in [2.45, 2.75) is 32.6 Å². The second-order valence-electron chi connectivity index (χ2n) is 5.03. The first-order valence-electron chi connectivity index (χ1n) is 7.03. The van der Waals surface area contributed by atoms with Crippen molar-refractivity contribution in [2.24, 2.45) is 5.92 Å². The van der Waals surface area contributed by atoms with E-state index < -0.39 is 0 Å². The third-order valence-corrected chi connectivity index (χ3v) is 3.38. The number of hydrogen-bond acceptors (Lipinski definition) is 2. The van der Waals surface area contributed by atoms with Gasteiger partial charge in [0.1, 0.15) is 5.82 Å². The molecular formula is C15H21FN2O. The molecule has 1 aliphatic carbocycles. The highest BCUT2D eigenvalue weighted by molar-refractivity contribution is 5.99. The first-order valence-corrected chi connectivity index (χ1v) is 7.03. The van der Waals surface area contributed by atoms with Gasteiger partial charge in [-0.15, -0.1) is 0 Å². The quantitative estimate of drug-likeness (QED) is 0.743. The average molecular weight is 264 g/mol. The zero-order chi connectivity index (χ0) is 13.7. The molecule has 0 radical (unpaired) electrons. The van der Waals surface area contributed by atoms with E-state index in [1.165, 1.54) is 25.3 Å². The van der Waals surface area contributed by atoms with Gasteiger partial charge in [-0.05, 0) is 37.8 Å². The van der Waals surface area contributed by atoms with Gasteiger partial charge in [0.25, 0.3) is 5.91 Å². The predicted octanol–water partition coefficient (Wildman–Crippen LogP) is 3.18. The molecule has 3 nitrogen and oxygen atoms in total. The second kappa shape index (κ2) is 6.55. The van der Waals surface area contributed by atoms with E-state index in [4.69, 9.17) is 0 Å². The molecule has 0 aliphatic heterocycles. The number of halogens is 1. The van der Waals surface area contributed by atoms with Crippen LogP contribution in [0, 0.1) is 11.7 Å². The first-order chi connectivity index (χ1) is 9.22. The number of benzene rings is 1. The number of para-hydroxylation sites is 1. The van der Waals surface area contributed by atoms with E-state index in [-0.39, 0.29) is 11.7 Å². The molecule has 1 aliphatic rings. The van der Waals surface area contributed by atoms with Gasteiger partial charge in [-0.2, -0.15) is 0 Å². The van der Waals surface area contributed by atoms with Gasteiger partial charge in [0, 0.05) is 13.1 Å². The molecule has 0 bridgehead atoms. The number of carbonyl (C=O) groups excluding carboxylic acids is 1. The normalized spacial score (nSPS) is 14.2. The first kappa shape index (κ1) is 13.8. The average Bonchev–Trinajstić information content (AvgIpc) is 3.21. The Balaban J connectivity index is 1.91. The van der Waals surface area contributed by atoms with Crippen molar-refractivity contribution in [1.82, 2.24) is 5.32 Å². The standard InChI is InChI=1S/C15H21FN2O/c1-2-17-14-12(6-3-7-13(14)16)15(19)18-10-4-5-11-8-9-11/h3,6-7,11,17H,2,4-5,8-10H2,1H3,(H,18,19). The van der Waals surface area contributed by atoms with Crippen LogP contribution in [0.5, 0.6) is 0 Å². The topological polar surface area (TPSA) is 41.1 Å². The SMILES string of the molecule is CCNc1c(F)cccc1C(=O)NCCCC1CC1. The Bertz CT molecular complexity index is 444. The van der Waals surface area contributed by atoms with Crippen molar-refractivity contribution < 1.29 is 9.18 Å². The lowest BCUT2D eigenvalue weighted by atomic mass is 10.1. The van der Waals surface area contributed by atoms with Gasteiger partial charge in [0.05, 0.1) is 11.3 Å². The molecule has 1 aromatic rings. The minimum absolute atomic E-state index is 0.203. The summed E-state index contributed by atoms with van der Waals surface area (Å²) in [5.74, 6) is 0.294. The summed E-state index contributed by atoms with van der Waals surface area (Å²) in [6.45, 7) is 3.13. The molecule has 1 saturated carbocycles. The van der Waals surface area contributed by atoms with E-state index in [2.05, 4.69) is 10.6 Å². The van der Waals surface area contributed by atoms with E-state index in [1.807, 2.05) is 6.92 Å². The lowest BCUT2D eigenvalue weighted by molar-refractivity contribution is 0.0953. The van der Waals surface area contributed by atoms with Crippen LogP contribution < -0.4 is 10.6 Å². The van der Waals surface area contributed by atoms with E-state index in [1.54, 1.807) is 12.1 Å². The molecule has 2 N–H and O–H groups in total. The van der Waals surface area contributed by atoms with Gasteiger partial charge in [0.2, 0.25) is 0 Å². The van der Waals surface area contributed by atoms with E-state index in [0.29, 0.717) is 24.3 Å². The highest BCUT2D eigenvalue weighted by Crippen LogP contribution is 2.33. The summed E-state index contributed by atoms with van der Waals surface area (Å²) in [6.07, 6.45) is 4.86. The number of anilines is 1. The summed E-state index contributed by atoms with van der Waals surface area (Å²) in [5.41, 5.74) is 0.679. The largest absolute Gasteiger partial charge is 0.382 e. The summed E-state index contributed by atoms with van der Waals surface area (Å²) in [5, 5.41) is 5.77. The highest BCUT2D eigenvalue weighted by Gasteiger charge is 2.20. The number of nitrogens with one attached hydrogen (secondary N) is 2. The van der Waals surface area contributed by atoms with E-state index in [0.717, 1.165) is 12.3 Å². The molecule has 2 rings (SSSR count). The summed E-state index contributed by atoms with van der Waals surface area (Å²) in [7, 11) is 0. The Morgan fingerprint density at radius 2 is 2.21 bits per heavy atom. The van der Waals surface area contributed by atoms with Gasteiger partial charge >= 0.3 is 0 Å². The van der Waals surface area contributed by atoms with Crippen molar-refractivity contribution >= 4 is 11.6 Å². The molecule has 0 aromatic heterocycles. The van der Waals surface area contributed by atoms with Crippen LogP contribution in [0.15, 0.2) is 18.2 Å². The van der Waals surface area contributed by atoms with Crippen molar-refractivity contribution in [1.29, 1.82) is 0 Å². The maximum absolute atomic E-state index is 13.7. The maximum atomic E-state index is 13.7. The van der Waals surface area contributed by atoms with Gasteiger partial charge in [-0.1, -0.05) is 18.9 Å². The van der Waals surface area contributed by atoms with Crippen molar-refractivity contribution in [3.8, 4) is 0 Å². The number of rotatable bonds is 7. The van der Waals surface area contributed by atoms with E-state index >= 15 is 0 Å². The van der Waals surface area contributed by atoms with Gasteiger partial charge in [-0.25, -0.2) is 4.39 Å². The molecule has 1 amide bonds.